The van der Waals surface area contributed by atoms with E-state index in [1.165, 1.54) is 0 Å². The van der Waals surface area contributed by atoms with Gasteiger partial charge in [0.1, 0.15) is 5.01 Å². The van der Waals surface area contributed by atoms with E-state index < -0.39 is 0 Å². The van der Waals surface area contributed by atoms with Crippen LogP contribution in [0.25, 0.3) is 0 Å². The fraction of sp³-hybridized carbons (Fsp3) is 0.286. The summed E-state index contributed by atoms with van der Waals surface area (Å²) in [5.74, 6) is 0.698. The molecule has 2 rings (SSSR count). The van der Waals surface area contributed by atoms with Crippen molar-refractivity contribution in [2.24, 2.45) is 4.99 Å². The van der Waals surface area contributed by atoms with Crippen LogP contribution >= 0.6 is 58.5 Å². The van der Waals surface area contributed by atoms with E-state index in [1.54, 1.807) is 30.6 Å². The molecule has 0 radical (unpaired) electrons. The first-order valence-electron chi connectivity index (χ1n) is 6.40. The smallest absolute Gasteiger partial charge is 0.191 e. The van der Waals surface area contributed by atoms with E-state index in [0.29, 0.717) is 22.5 Å². The van der Waals surface area contributed by atoms with Crippen LogP contribution in [0, 0.1) is 0 Å². The predicted octanol–water partition coefficient (Wildman–Crippen LogP) is 4.49. The SMILES string of the molecule is CN=C(NCc1nccs1)NC(C)c1ccc(Cl)cc1Cl.I. The van der Waals surface area contributed by atoms with Crippen molar-refractivity contribution in [3.8, 4) is 0 Å². The lowest BCUT2D eigenvalue weighted by Gasteiger charge is -2.19. The van der Waals surface area contributed by atoms with Crippen LogP contribution in [0.15, 0.2) is 34.8 Å². The number of thiazole rings is 1. The summed E-state index contributed by atoms with van der Waals surface area (Å²) in [6.07, 6.45) is 1.79. The molecule has 0 amide bonds. The van der Waals surface area contributed by atoms with Crippen LogP contribution in [0.1, 0.15) is 23.5 Å². The maximum Gasteiger partial charge on any atom is 0.191 e. The standard InChI is InChI=1S/C14H16Cl2N4S.HI/c1-9(11-4-3-10(15)7-12(11)16)20-14(17-2)19-8-13-18-5-6-21-13;/h3-7,9H,8H2,1-2H3,(H2,17,19,20);1H. The Kier molecular flexibility index (Phi) is 8.45. The van der Waals surface area contributed by atoms with Crippen molar-refractivity contribution in [1.29, 1.82) is 0 Å². The number of hydrogen-bond donors (Lipinski definition) is 2. The van der Waals surface area contributed by atoms with Crippen LogP contribution in [-0.2, 0) is 6.54 Å². The minimum Gasteiger partial charge on any atom is -0.350 e. The average molecular weight is 471 g/mol. The molecular formula is C14H17Cl2IN4S. The van der Waals surface area contributed by atoms with E-state index in [0.717, 1.165) is 10.6 Å². The number of hydrogen-bond acceptors (Lipinski definition) is 3. The van der Waals surface area contributed by atoms with Gasteiger partial charge in [-0.3, -0.25) is 4.99 Å². The Morgan fingerprint density at radius 2 is 2.18 bits per heavy atom. The van der Waals surface area contributed by atoms with Gasteiger partial charge in [-0.05, 0) is 24.6 Å². The van der Waals surface area contributed by atoms with Crippen LogP contribution in [-0.4, -0.2) is 18.0 Å². The minimum atomic E-state index is 0. The zero-order chi connectivity index (χ0) is 15.2. The summed E-state index contributed by atoms with van der Waals surface area (Å²) in [5.41, 5.74) is 0.971. The molecule has 0 fully saturated rings. The molecule has 4 nitrogen and oxygen atoms in total. The van der Waals surface area contributed by atoms with E-state index in [-0.39, 0.29) is 30.0 Å². The quantitative estimate of drug-likeness (QED) is 0.393. The predicted molar refractivity (Wildman–Crippen MR) is 106 cm³/mol. The highest BCUT2D eigenvalue weighted by molar-refractivity contribution is 14.0. The monoisotopic (exact) mass is 470 g/mol. The normalized spacial score (nSPS) is 12.5. The number of nitrogens with one attached hydrogen (secondary N) is 2. The van der Waals surface area contributed by atoms with Crippen molar-refractivity contribution in [1.82, 2.24) is 15.6 Å². The van der Waals surface area contributed by atoms with Gasteiger partial charge in [0, 0.05) is 28.7 Å². The largest absolute Gasteiger partial charge is 0.350 e. The number of guanidine groups is 1. The zero-order valence-electron chi connectivity index (χ0n) is 12.1. The molecule has 0 aliphatic heterocycles. The van der Waals surface area contributed by atoms with Crippen LogP contribution < -0.4 is 10.6 Å². The van der Waals surface area contributed by atoms with Crippen LogP contribution in [0.5, 0.6) is 0 Å². The van der Waals surface area contributed by atoms with Crippen LogP contribution in [0.4, 0.5) is 0 Å². The lowest BCUT2D eigenvalue weighted by atomic mass is 10.1. The highest BCUT2D eigenvalue weighted by Crippen LogP contribution is 2.25. The van der Waals surface area contributed by atoms with Crippen molar-refractivity contribution in [2.45, 2.75) is 19.5 Å². The summed E-state index contributed by atoms with van der Waals surface area (Å²) in [5, 5.41) is 10.7. The number of aromatic nitrogens is 1. The molecule has 2 aromatic rings. The van der Waals surface area contributed by atoms with Gasteiger partial charge in [-0.1, -0.05) is 29.3 Å². The van der Waals surface area contributed by atoms with Gasteiger partial charge in [0.2, 0.25) is 0 Å². The Morgan fingerprint density at radius 3 is 2.77 bits per heavy atom. The topological polar surface area (TPSA) is 49.3 Å². The second-order valence-electron chi connectivity index (χ2n) is 4.38. The first-order chi connectivity index (χ1) is 10.1. The van der Waals surface area contributed by atoms with Crippen molar-refractivity contribution in [3.63, 3.8) is 0 Å². The van der Waals surface area contributed by atoms with E-state index in [9.17, 15) is 0 Å². The Morgan fingerprint density at radius 1 is 1.41 bits per heavy atom. The maximum absolute atomic E-state index is 6.22. The van der Waals surface area contributed by atoms with Crippen molar-refractivity contribution in [3.05, 3.63) is 50.4 Å². The Hall–Kier alpha value is -0.570. The molecule has 2 N–H and O–H groups in total. The first-order valence-corrected chi connectivity index (χ1v) is 8.04. The van der Waals surface area contributed by atoms with Crippen molar-refractivity contribution < 1.29 is 0 Å². The zero-order valence-corrected chi connectivity index (χ0v) is 16.8. The third-order valence-corrected chi connectivity index (χ3v) is 4.24. The maximum atomic E-state index is 6.22. The van der Waals surface area contributed by atoms with Gasteiger partial charge >= 0.3 is 0 Å². The molecule has 1 heterocycles. The molecule has 1 atom stereocenters. The summed E-state index contributed by atoms with van der Waals surface area (Å²) in [7, 11) is 1.73. The lowest BCUT2D eigenvalue weighted by Crippen LogP contribution is -2.38. The Balaban J connectivity index is 0.00000242. The van der Waals surface area contributed by atoms with Gasteiger partial charge < -0.3 is 10.6 Å². The summed E-state index contributed by atoms with van der Waals surface area (Å²) < 4.78 is 0. The number of rotatable bonds is 4. The fourth-order valence-corrected chi connectivity index (χ4v) is 2.96. The molecule has 22 heavy (non-hydrogen) atoms. The molecule has 0 aliphatic carbocycles. The highest BCUT2D eigenvalue weighted by atomic mass is 127. The van der Waals surface area contributed by atoms with Gasteiger partial charge in [0.25, 0.3) is 0 Å². The molecular weight excluding hydrogens is 454 g/mol. The molecule has 0 spiro atoms. The number of nitrogens with zero attached hydrogens (tertiary/aromatic N) is 2. The summed E-state index contributed by atoms with van der Waals surface area (Å²) in [4.78, 5) is 8.42. The third kappa shape index (κ3) is 5.57. The summed E-state index contributed by atoms with van der Waals surface area (Å²) in [6, 6.07) is 5.49. The van der Waals surface area contributed by atoms with Gasteiger partial charge in [0.05, 0.1) is 12.6 Å². The van der Waals surface area contributed by atoms with Crippen LogP contribution in [0.3, 0.4) is 0 Å². The van der Waals surface area contributed by atoms with E-state index in [1.807, 2.05) is 24.4 Å². The van der Waals surface area contributed by atoms with Gasteiger partial charge in [-0.15, -0.1) is 35.3 Å². The van der Waals surface area contributed by atoms with Crippen LogP contribution in [0.2, 0.25) is 10.0 Å². The molecule has 1 aromatic carbocycles. The van der Waals surface area contributed by atoms with Crippen molar-refractivity contribution >= 4 is 64.5 Å². The second kappa shape index (κ2) is 9.54. The third-order valence-electron chi connectivity index (χ3n) is 2.90. The first kappa shape index (κ1) is 19.5. The van der Waals surface area contributed by atoms with E-state index in [2.05, 4.69) is 20.6 Å². The van der Waals surface area contributed by atoms with E-state index >= 15 is 0 Å². The molecule has 0 saturated carbocycles. The Labute approximate surface area is 161 Å². The number of benzene rings is 1. The Bertz CT molecular complexity index is 619. The molecule has 8 heteroatoms. The number of aliphatic imine (C=N–C) groups is 1. The molecule has 120 valence electrons. The average Bonchev–Trinajstić information content (AvgIpc) is 2.96. The molecule has 1 aromatic heterocycles. The van der Waals surface area contributed by atoms with Gasteiger partial charge in [0.15, 0.2) is 5.96 Å². The molecule has 0 saturated heterocycles. The summed E-state index contributed by atoms with van der Waals surface area (Å²) in [6.45, 7) is 2.66. The number of halogens is 3. The lowest BCUT2D eigenvalue weighted by molar-refractivity contribution is 0.685. The molecule has 0 aliphatic rings. The minimum absolute atomic E-state index is 0. The summed E-state index contributed by atoms with van der Waals surface area (Å²) >= 11 is 13.7. The fourth-order valence-electron chi connectivity index (χ4n) is 1.83. The van der Waals surface area contributed by atoms with E-state index in [4.69, 9.17) is 23.2 Å². The second-order valence-corrected chi connectivity index (χ2v) is 6.21. The molecule has 1 unspecified atom stereocenters. The van der Waals surface area contributed by atoms with Gasteiger partial charge in [-0.25, -0.2) is 4.98 Å². The molecule has 0 bridgehead atoms. The van der Waals surface area contributed by atoms with Crippen molar-refractivity contribution in [2.75, 3.05) is 7.05 Å². The highest BCUT2D eigenvalue weighted by Gasteiger charge is 2.11. The van der Waals surface area contributed by atoms with Gasteiger partial charge in [-0.2, -0.15) is 0 Å².